The first kappa shape index (κ1) is 17.3. The Morgan fingerprint density at radius 3 is 2.60 bits per heavy atom. The van der Waals surface area contributed by atoms with Gasteiger partial charge < -0.3 is 10.0 Å². The average molecular weight is 358 g/mol. The van der Waals surface area contributed by atoms with Crippen molar-refractivity contribution in [2.75, 3.05) is 4.90 Å². The molecule has 3 rings (SSSR count). The van der Waals surface area contributed by atoms with Crippen LogP contribution in [0.5, 0.6) is 0 Å². The number of hydrogen-bond donors (Lipinski definition) is 1. The van der Waals surface area contributed by atoms with E-state index in [1.807, 2.05) is 0 Å². The second-order valence-electron chi connectivity index (χ2n) is 5.45. The molecule has 1 aromatic heterocycles. The Labute approximate surface area is 138 Å². The Morgan fingerprint density at radius 2 is 1.96 bits per heavy atom. The molecule has 1 amide bonds. The highest BCUT2D eigenvalue weighted by atomic mass is 19.3. The molecule has 1 unspecified atom stereocenters. The largest absolute Gasteiger partial charge is 0.382 e. The maximum atomic E-state index is 14.4. The van der Waals surface area contributed by atoms with Crippen LogP contribution in [0.2, 0.25) is 0 Å². The monoisotopic (exact) mass is 358 g/mol. The summed E-state index contributed by atoms with van der Waals surface area (Å²) in [6, 6.07) is 5.27. The number of aliphatic hydroxyl groups excluding tert-OH is 1. The predicted octanol–water partition coefficient (Wildman–Crippen LogP) is 3.16. The van der Waals surface area contributed by atoms with Crippen LogP contribution in [0.15, 0.2) is 36.5 Å². The van der Waals surface area contributed by atoms with Crippen LogP contribution in [0.4, 0.5) is 27.6 Å². The van der Waals surface area contributed by atoms with Crippen LogP contribution in [-0.2, 0) is 17.3 Å². The Kier molecular flexibility index (Phi) is 4.19. The smallest absolute Gasteiger partial charge is 0.352 e. The van der Waals surface area contributed by atoms with Gasteiger partial charge in [0.1, 0.15) is 11.9 Å². The third kappa shape index (κ3) is 2.84. The Balaban J connectivity index is 2.08. The van der Waals surface area contributed by atoms with Crippen LogP contribution >= 0.6 is 0 Å². The summed E-state index contributed by atoms with van der Waals surface area (Å²) in [4.78, 5) is 16.5. The Bertz CT molecular complexity index is 828. The van der Waals surface area contributed by atoms with Crippen molar-refractivity contribution in [3.8, 4) is 0 Å². The molecule has 0 fully saturated rings. The van der Waals surface area contributed by atoms with E-state index in [0.29, 0.717) is 4.90 Å². The van der Waals surface area contributed by atoms with Crippen molar-refractivity contribution in [2.24, 2.45) is 0 Å². The Morgan fingerprint density at radius 1 is 1.24 bits per heavy atom. The zero-order valence-corrected chi connectivity index (χ0v) is 12.5. The lowest BCUT2D eigenvalue weighted by atomic mass is 9.98. The van der Waals surface area contributed by atoms with E-state index >= 15 is 0 Å². The maximum Gasteiger partial charge on any atom is 0.352 e. The highest BCUT2D eigenvalue weighted by Gasteiger charge is 2.55. The SMILES string of the molecule is O=C1N(Cc2cc(F)ccn2)c2cccc(C(O)C(F)F)c2C1(F)F. The molecule has 1 aliphatic rings. The third-order valence-electron chi connectivity index (χ3n) is 3.85. The van der Waals surface area contributed by atoms with Gasteiger partial charge in [-0.3, -0.25) is 9.78 Å². The van der Waals surface area contributed by atoms with Crippen molar-refractivity contribution in [3.63, 3.8) is 0 Å². The number of anilines is 1. The molecule has 1 aromatic carbocycles. The molecule has 0 bridgehead atoms. The number of rotatable bonds is 4. The van der Waals surface area contributed by atoms with Gasteiger partial charge >= 0.3 is 11.8 Å². The van der Waals surface area contributed by atoms with Crippen molar-refractivity contribution in [2.45, 2.75) is 25.0 Å². The number of carbonyl (C=O) groups is 1. The van der Waals surface area contributed by atoms with Gasteiger partial charge in [-0.1, -0.05) is 12.1 Å². The fourth-order valence-electron chi connectivity index (χ4n) is 2.75. The van der Waals surface area contributed by atoms with Gasteiger partial charge in [-0.15, -0.1) is 0 Å². The second kappa shape index (κ2) is 6.07. The van der Waals surface area contributed by atoms with Gasteiger partial charge in [0.25, 0.3) is 6.43 Å². The van der Waals surface area contributed by atoms with Gasteiger partial charge in [-0.05, 0) is 23.8 Å². The zero-order chi connectivity index (χ0) is 18.4. The van der Waals surface area contributed by atoms with E-state index in [4.69, 9.17) is 0 Å². The molecule has 0 saturated heterocycles. The van der Waals surface area contributed by atoms with E-state index in [2.05, 4.69) is 4.98 Å². The fraction of sp³-hybridized carbons (Fsp3) is 0.250. The minimum absolute atomic E-state index is 0.0109. The van der Waals surface area contributed by atoms with Gasteiger partial charge in [0.2, 0.25) is 0 Å². The molecule has 0 radical (unpaired) electrons. The van der Waals surface area contributed by atoms with Crippen LogP contribution in [-0.4, -0.2) is 22.4 Å². The number of carbonyl (C=O) groups excluding carboxylic acids is 1. The zero-order valence-electron chi connectivity index (χ0n) is 12.5. The number of alkyl halides is 4. The van der Waals surface area contributed by atoms with E-state index in [9.17, 15) is 31.9 Å². The molecule has 4 nitrogen and oxygen atoms in total. The van der Waals surface area contributed by atoms with Crippen molar-refractivity contribution < 1.29 is 31.9 Å². The van der Waals surface area contributed by atoms with Gasteiger partial charge in [-0.2, -0.15) is 8.78 Å². The topological polar surface area (TPSA) is 53.4 Å². The summed E-state index contributed by atoms with van der Waals surface area (Å²) in [5, 5.41) is 9.52. The highest BCUT2D eigenvalue weighted by molar-refractivity contribution is 6.06. The molecule has 25 heavy (non-hydrogen) atoms. The van der Waals surface area contributed by atoms with E-state index in [0.717, 1.165) is 30.5 Å². The fourth-order valence-corrected chi connectivity index (χ4v) is 2.75. The molecule has 0 spiro atoms. The van der Waals surface area contributed by atoms with Crippen molar-refractivity contribution in [1.82, 2.24) is 4.98 Å². The number of halogens is 5. The van der Waals surface area contributed by atoms with Crippen LogP contribution in [0, 0.1) is 5.82 Å². The lowest BCUT2D eigenvalue weighted by Crippen LogP contribution is -2.34. The van der Waals surface area contributed by atoms with E-state index in [1.54, 1.807) is 0 Å². The average Bonchev–Trinajstić information content (AvgIpc) is 2.75. The maximum absolute atomic E-state index is 14.4. The summed E-state index contributed by atoms with van der Waals surface area (Å²) in [6.07, 6.45) is -4.64. The number of hydrogen-bond acceptors (Lipinski definition) is 3. The molecule has 9 heteroatoms. The lowest BCUT2D eigenvalue weighted by molar-refractivity contribution is -0.142. The van der Waals surface area contributed by atoms with Crippen molar-refractivity contribution in [3.05, 3.63) is 59.2 Å². The normalized spacial score (nSPS) is 17.1. The van der Waals surface area contributed by atoms with Gasteiger partial charge in [0, 0.05) is 6.20 Å². The summed E-state index contributed by atoms with van der Waals surface area (Å²) in [6.45, 7) is -0.465. The number of benzene rings is 1. The summed E-state index contributed by atoms with van der Waals surface area (Å²) in [5.74, 6) is -6.40. The summed E-state index contributed by atoms with van der Waals surface area (Å²) in [5.41, 5.74) is -2.00. The minimum atomic E-state index is -4.09. The first-order chi connectivity index (χ1) is 11.7. The van der Waals surface area contributed by atoms with Crippen LogP contribution in [0.25, 0.3) is 0 Å². The molecule has 1 N–H and O–H groups in total. The van der Waals surface area contributed by atoms with Crippen LogP contribution in [0.3, 0.4) is 0 Å². The minimum Gasteiger partial charge on any atom is -0.382 e. The molecule has 0 aliphatic carbocycles. The molecule has 2 heterocycles. The Hall–Kier alpha value is -2.55. The molecular weight excluding hydrogens is 347 g/mol. The number of amides is 1. The molecule has 1 atom stereocenters. The molecular formula is C16H11F5N2O2. The first-order valence-corrected chi connectivity index (χ1v) is 7.13. The quantitative estimate of drug-likeness (QED) is 0.855. The highest BCUT2D eigenvalue weighted by Crippen LogP contribution is 2.48. The second-order valence-corrected chi connectivity index (χ2v) is 5.45. The number of aromatic nitrogens is 1. The third-order valence-corrected chi connectivity index (χ3v) is 3.85. The van der Waals surface area contributed by atoms with Crippen LogP contribution < -0.4 is 4.90 Å². The standard InChI is InChI=1S/C16H11F5N2O2/c17-8-4-5-22-9(6-8)7-23-11-3-1-2-10(13(24)14(18)19)12(11)16(20,21)15(23)25/h1-6,13-14,24H,7H2. The van der Waals surface area contributed by atoms with E-state index in [-0.39, 0.29) is 11.4 Å². The molecule has 132 valence electrons. The number of fused-ring (bicyclic) bond motifs is 1. The van der Waals surface area contributed by atoms with Crippen molar-refractivity contribution in [1.29, 1.82) is 0 Å². The van der Waals surface area contributed by atoms with Gasteiger partial charge in [0.05, 0.1) is 23.5 Å². The van der Waals surface area contributed by atoms with Gasteiger partial charge in [0.15, 0.2) is 0 Å². The predicted molar refractivity (Wildman–Crippen MR) is 76.7 cm³/mol. The number of pyridine rings is 1. The molecule has 2 aromatic rings. The summed E-state index contributed by atoms with van der Waals surface area (Å²) < 4.78 is 67.6. The lowest BCUT2D eigenvalue weighted by Gasteiger charge is -2.17. The van der Waals surface area contributed by atoms with Crippen molar-refractivity contribution >= 4 is 11.6 Å². The van der Waals surface area contributed by atoms with E-state index < -0.39 is 47.8 Å². The van der Waals surface area contributed by atoms with Gasteiger partial charge in [-0.25, -0.2) is 13.2 Å². The number of nitrogens with zero attached hydrogens (tertiary/aromatic N) is 2. The molecule has 0 saturated carbocycles. The first-order valence-electron chi connectivity index (χ1n) is 7.13. The summed E-state index contributed by atoms with van der Waals surface area (Å²) >= 11 is 0. The summed E-state index contributed by atoms with van der Waals surface area (Å²) in [7, 11) is 0. The van der Waals surface area contributed by atoms with E-state index in [1.165, 1.54) is 6.07 Å². The number of aliphatic hydroxyl groups is 1. The molecule has 1 aliphatic heterocycles. The van der Waals surface area contributed by atoms with Crippen LogP contribution in [0.1, 0.15) is 22.9 Å².